The highest BCUT2D eigenvalue weighted by molar-refractivity contribution is 7.90. The van der Waals surface area contributed by atoms with Crippen molar-refractivity contribution in [3.8, 4) is 0 Å². The average molecular weight is 462 g/mol. The fourth-order valence-corrected chi connectivity index (χ4v) is 4.59. The minimum Gasteiger partial charge on any atom is -0.394 e. The van der Waals surface area contributed by atoms with Gasteiger partial charge in [0.05, 0.1) is 29.8 Å². The summed E-state index contributed by atoms with van der Waals surface area (Å²) in [6.07, 6.45) is 1.23. The molecule has 0 aliphatic heterocycles. The van der Waals surface area contributed by atoms with Crippen molar-refractivity contribution in [1.82, 2.24) is 8.87 Å². The fourth-order valence-electron chi connectivity index (χ4n) is 3.06. The minimum absolute atomic E-state index is 0.0122. The van der Waals surface area contributed by atoms with Gasteiger partial charge in [-0.15, -0.1) is 0 Å². The lowest BCUT2D eigenvalue weighted by Gasteiger charge is -2.25. The number of aliphatic hydroxyl groups is 2. The van der Waals surface area contributed by atoms with Gasteiger partial charge in [0.15, 0.2) is 0 Å². The van der Waals surface area contributed by atoms with Crippen LogP contribution in [0, 0.1) is 5.82 Å². The number of allylic oxidation sites excluding steroid dienone is 1. The highest BCUT2D eigenvalue weighted by Crippen LogP contribution is 2.32. The normalized spacial score (nSPS) is 14.9. The summed E-state index contributed by atoms with van der Waals surface area (Å²) in [5.74, 6) is -0.687. The molecular weight excluding hydrogens is 438 g/mol. The smallest absolute Gasteiger partial charge is 0.302 e. The maximum atomic E-state index is 14.3. The number of nitrogens with zero attached hydrogens (tertiary/aromatic N) is 2. The molecular formula is C20H24BFN4O5S. The van der Waals surface area contributed by atoms with Gasteiger partial charge in [-0.05, 0) is 31.9 Å². The second-order valence-corrected chi connectivity index (χ2v) is 9.28. The number of halogens is 1. The van der Waals surface area contributed by atoms with Crippen LogP contribution in [0.2, 0.25) is 0 Å². The summed E-state index contributed by atoms with van der Waals surface area (Å²) in [5, 5.41) is 21.6. The number of aliphatic hydroxyl groups excluding tert-OH is 2. The molecule has 32 heavy (non-hydrogen) atoms. The van der Waals surface area contributed by atoms with Crippen LogP contribution in [0.1, 0.15) is 19.8 Å². The first-order valence-electron chi connectivity index (χ1n) is 9.85. The van der Waals surface area contributed by atoms with Crippen molar-refractivity contribution < 1.29 is 23.0 Å². The van der Waals surface area contributed by atoms with E-state index in [2.05, 4.69) is 16.6 Å². The standard InChI is InChI=1S/C20H24BFN4O5S/c1-12(2)25-10-19(24-32(30,31)26(14-4-5-14)9-15(28)11-27)18(8-20(25)29)23-17-6-3-13(21)7-16(17)22/h3,6-8,10,14-15,23-24,27-28H,1,4-5,9,11H2,2H3. The predicted molar refractivity (Wildman–Crippen MR) is 122 cm³/mol. The first-order valence-corrected chi connectivity index (χ1v) is 11.3. The Labute approximate surface area is 186 Å². The molecule has 1 aliphatic rings. The van der Waals surface area contributed by atoms with E-state index in [9.17, 15) is 22.7 Å². The van der Waals surface area contributed by atoms with E-state index in [1.807, 2.05) is 0 Å². The van der Waals surface area contributed by atoms with E-state index >= 15 is 0 Å². The predicted octanol–water partition coefficient (Wildman–Crippen LogP) is 0.490. The second-order valence-electron chi connectivity index (χ2n) is 7.65. The lowest BCUT2D eigenvalue weighted by Crippen LogP contribution is -2.43. The number of benzene rings is 1. The zero-order chi connectivity index (χ0) is 23.6. The van der Waals surface area contributed by atoms with Crippen molar-refractivity contribution in [3.05, 3.63) is 53.2 Å². The Bertz CT molecular complexity index is 1180. The summed E-state index contributed by atoms with van der Waals surface area (Å²) in [5.41, 5.74) is 0.00574. The van der Waals surface area contributed by atoms with Gasteiger partial charge in [0.25, 0.3) is 5.56 Å². The molecule has 3 rings (SSSR count). The van der Waals surface area contributed by atoms with Crippen LogP contribution in [0.25, 0.3) is 5.70 Å². The van der Waals surface area contributed by atoms with Gasteiger partial charge in [0, 0.05) is 30.5 Å². The average Bonchev–Trinajstić information content (AvgIpc) is 3.54. The lowest BCUT2D eigenvalue weighted by atomic mass is 9.96. The van der Waals surface area contributed by atoms with Gasteiger partial charge in [0.1, 0.15) is 13.7 Å². The van der Waals surface area contributed by atoms with Crippen LogP contribution >= 0.6 is 0 Å². The molecule has 0 spiro atoms. The third-order valence-electron chi connectivity index (χ3n) is 4.83. The molecule has 1 atom stereocenters. The van der Waals surface area contributed by atoms with E-state index < -0.39 is 34.3 Å². The van der Waals surface area contributed by atoms with Gasteiger partial charge >= 0.3 is 10.2 Å². The molecule has 1 aromatic carbocycles. The topological polar surface area (TPSA) is 124 Å². The number of hydrogen-bond acceptors (Lipinski definition) is 6. The van der Waals surface area contributed by atoms with E-state index in [0.717, 1.165) is 21.0 Å². The third kappa shape index (κ3) is 5.57. The summed E-state index contributed by atoms with van der Waals surface area (Å²) in [6, 6.07) is 4.71. The molecule has 1 aliphatic carbocycles. The Morgan fingerprint density at radius 2 is 2.03 bits per heavy atom. The summed E-state index contributed by atoms with van der Waals surface area (Å²) in [4.78, 5) is 12.5. The van der Waals surface area contributed by atoms with E-state index in [-0.39, 0.29) is 35.1 Å². The Balaban J connectivity index is 2.02. The van der Waals surface area contributed by atoms with Crippen LogP contribution < -0.4 is 21.1 Å². The third-order valence-corrected chi connectivity index (χ3v) is 6.37. The molecule has 0 amide bonds. The summed E-state index contributed by atoms with van der Waals surface area (Å²) < 4.78 is 45.1. The fraction of sp³-hybridized carbons (Fsp3) is 0.350. The van der Waals surface area contributed by atoms with Crippen molar-refractivity contribution in [1.29, 1.82) is 0 Å². The van der Waals surface area contributed by atoms with E-state index in [1.165, 1.54) is 18.3 Å². The molecule has 4 N–H and O–H groups in total. The van der Waals surface area contributed by atoms with Crippen LogP contribution in [0.5, 0.6) is 0 Å². The van der Waals surface area contributed by atoms with E-state index in [0.29, 0.717) is 18.5 Å². The molecule has 1 fully saturated rings. The Morgan fingerprint density at radius 3 is 2.59 bits per heavy atom. The summed E-state index contributed by atoms with van der Waals surface area (Å²) >= 11 is 0. The van der Waals surface area contributed by atoms with Crippen LogP contribution in [-0.4, -0.2) is 60.6 Å². The van der Waals surface area contributed by atoms with Crippen LogP contribution in [-0.2, 0) is 10.2 Å². The quantitative estimate of drug-likeness (QED) is 0.381. The Hall–Kier alpha value is -2.67. The minimum atomic E-state index is -4.19. The number of hydrogen-bond donors (Lipinski definition) is 4. The molecule has 2 aromatic rings. The van der Waals surface area contributed by atoms with E-state index in [4.69, 9.17) is 13.0 Å². The van der Waals surface area contributed by atoms with E-state index in [1.54, 1.807) is 6.92 Å². The molecule has 170 valence electrons. The Kier molecular flexibility index (Phi) is 7.08. The van der Waals surface area contributed by atoms with Crippen molar-refractivity contribution in [2.24, 2.45) is 0 Å². The molecule has 1 saturated carbocycles. The van der Waals surface area contributed by atoms with Gasteiger partial charge in [-0.3, -0.25) is 14.1 Å². The van der Waals surface area contributed by atoms with Crippen LogP contribution in [0.3, 0.4) is 0 Å². The highest BCUT2D eigenvalue weighted by Gasteiger charge is 2.38. The Morgan fingerprint density at radius 1 is 1.34 bits per heavy atom. The van der Waals surface area contributed by atoms with Crippen LogP contribution in [0.15, 0.2) is 41.8 Å². The highest BCUT2D eigenvalue weighted by atomic mass is 32.2. The number of rotatable bonds is 10. The van der Waals surface area contributed by atoms with Gasteiger partial charge in [-0.1, -0.05) is 18.1 Å². The monoisotopic (exact) mass is 462 g/mol. The summed E-state index contributed by atoms with van der Waals surface area (Å²) in [7, 11) is 1.37. The number of nitrogens with one attached hydrogen (secondary N) is 2. The van der Waals surface area contributed by atoms with Gasteiger partial charge in [-0.2, -0.15) is 12.7 Å². The van der Waals surface area contributed by atoms with Crippen molar-refractivity contribution >= 4 is 46.3 Å². The van der Waals surface area contributed by atoms with Gasteiger partial charge in [0.2, 0.25) is 0 Å². The number of aromatic nitrogens is 1. The zero-order valence-electron chi connectivity index (χ0n) is 17.5. The first-order chi connectivity index (χ1) is 15.0. The number of pyridine rings is 1. The van der Waals surface area contributed by atoms with Crippen molar-refractivity contribution in [3.63, 3.8) is 0 Å². The maximum Gasteiger partial charge on any atom is 0.302 e. The SMILES string of the molecule is [B]c1ccc(Nc2cc(=O)n(C(=C)C)cc2NS(=O)(=O)N(CC(O)CO)C2CC2)c(F)c1. The molecule has 1 unspecified atom stereocenters. The zero-order valence-corrected chi connectivity index (χ0v) is 18.3. The largest absolute Gasteiger partial charge is 0.394 e. The van der Waals surface area contributed by atoms with Crippen molar-refractivity contribution in [2.45, 2.75) is 31.9 Å². The van der Waals surface area contributed by atoms with Crippen LogP contribution in [0.4, 0.5) is 21.5 Å². The summed E-state index contributed by atoms with van der Waals surface area (Å²) in [6.45, 7) is 4.38. The molecule has 1 heterocycles. The molecule has 2 radical (unpaired) electrons. The second kappa shape index (κ2) is 9.45. The molecule has 1 aromatic heterocycles. The molecule has 0 bridgehead atoms. The van der Waals surface area contributed by atoms with Crippen molar-refractivity contribution in [2.75, 3.05) is 23.2 Å². The molecule has 0 saturated heterocycles. The maximum absolute atomic E-state index is 14.3. The number of anilines is 3. The molecule has 12 heteroatoms. The lowest BCUT2D eigenvalue weighted by molar-refractivity contribution is 0.0776. The van der Waals surface area contributed by atoms with Gasteiger partial charge < -0.3 is 15.5 Å². The molecule has 9 nitrogen and oxygen atoms in total. The van der Waals surface area contributed by atoms with Gasteiger partial charge in [-0.25, -0.2) is 4.39 Å². The first kappa shape index (κ1) is 24.0.